The lowest BCUT2D eigenvalue weighted by atomic mass is 10.1. The van der Waals surface area contributed by atoms with Crippen molar-refractivity contribution >= 4 is 28.6 Å². The summed E-state index contributed by atoms with van der Waals surface area (Å²) in [7, 11) is 0. The zero-order chi connectivity index (χ0) is 22.8. The molecule has 2 unspecified atom stereocenters. The van der Waals surface area contributed by atoms with Gasteiger partial charge < -0.3 is 20.1 Å². The molecule has 5 nitrogen and oxygen atoms in total. The minimum atomic E-state index is -0.396. The Kier molecular flexibility index (Phi) is 6.50. The number of carbonyl (C=O) groups excluding carboxylic acids is 1. The maximum absolute atomic E-state index is 12.7. The van der Waals surface area contributed by atoms with Gasteiger partial charge in [-0.2, -0.15) is 0 Å². The first kappa shape index (κ1) is 22.5. The molecule has 1 aromatic heterocycles. The van der Waals surface area contributed by atoms with E-state index < -0.39 is 4.75 Å². The Morgan fingerprint density at radius 2 is 1.79 bits per heavy atom. The van der Waals surface area contributed by atoms with E-state index in [0.717, 1.165) is 45.6 Å². The molecule has 5 rings (SSSR count). The molecule has 2 saturated heterocycles. The molecule has 2 aliphatic rings. The molecule has 2 aliphatic heterocycles. The summed E-state index contributed by atoms with van der Waals surface area (Å²) in [5, 5.41) is 8.10. The Labute approximate surface area is 200 Å². The van der Waals surface area contributed by atoms with Crippen LogP contribution in [-0.2, 0) is 4.79 Å². The third-order valence-corrected chi connectivity index (χ3v) is 8.42. The molecule has 2 fully saturated rings. The number of rotatable bonds is 7. The van der Waals surface area contributed by atoms with Crippen LogP contribution in [0.5, 0.6) is 0 Å². The summed E-state index contributed by atoms with van der Waals surface area (Å²) in [4.78, 5) is 15.3. The van der Waals surface area contributed by atoms with Gasteiger partial charge in [0.15, 0.2) is 0 Å². The molecule has 0 bridgehead atoms. The number of amides is 1. The lowest BCUT2D eigenvalue weighted by Gasteiger charge is -2.30. The molecule has 174 valence electrons. The van der Waals surface area contributed by atoms with Crippen LogP contribution in [0.2, 0.25) is 0 Å². The molecular weight excluding hydrogens is 428 g/mol. The average Bonchev–Trinajstić information content (AvgIpc) is 3.34. The van der Waals surface area contributed by atoms with Crippen molar-refractivity contribution in [3.63, 3.8) is 0 Å². The molecular formula is C27H34N4OS. The van der Waals surface area contributed by atoms with Gasteiger partial charge in [0, 0.05) is 48.8 Å². The summed E-state index contributed by atoms with van der Waals surface area (Å²) in [5.41, 5.74) is 3.73. The van der Waals surface area contributed by atoms with Gasteiger partial charge in [0.1, 0.15) is 0 Å². The topological polar surface area (TPSA) is 49.3 Å². The van der Waals surface area contributed by atoms with Gasteiger partial charge in [-0.25, -0.2) is 0 Å². The van der Waals surface area contributed by atoms with Crippen LogP contribution in [0, 0.1) is 0 Å². The number of nitrogens with one attached hydrogen (secondary N) is 2. The highest BCUT2D eigenvalue weighted by molar-refractivity contribution is 8.02. The fourth-order valence-electron chi connectivity index (χ4n) is 5.10. The smallest absolute Gasteiger partial charge is 0.236 e. The fraction of sp³-hybridized carbons (Fsp3) is 0.444. The number of hydrogen-bond acceptors (Lipinski definition) is 4. The first-order valence-electron chi connectivity index (χ1n) is 12.1. The maximum atomic E-state index is 12.7. The highest BCUT2D eigenvalue weighted by Crippen LogP contribution is 2.43. The van der Waals surface area contributed by atoms with E-state index in [-0.39, 0.29) is 17.3 Å². The molecule has 0 saturated carbocycles. The van der Waals surface area contributed by atoms with Crippen LogP contribution in [0.4, 0.5) is 0 Å². The monoisotopic (exact) mass is 462 g/mol. The summed E-state index contributed by atoms with van der Waals surface area (Å²) < 4.78 is 2.04. The molecule has 3 aromatic rings. The van der Waals surface area contributed by atoms with Crippen LogP contribution < -0.4 is 10.6 Å². The summed E-state index contributed by atoms with van der Waals surface area (Å²) in [6, 6.07) is 19.5. The number of benzene rings is 2. The number of hydrogen-bond donors (Lipinski definition) is 2. The summed E-state index contributed by atoms with van der Waals surface area (Å²) in [6.45, 7) is 9.58. The minimum absolute atomic E-state index is 0.0648. The Balaban J connectivity index is 1.48. The van der Waals surface area contributed by atoms with Crippen LogP contribution in [0.25, 0.3) is 22.0 Å². The van der Waals surface area contributed by atoms with Crippen molar-refractivity contribution < 1.29 is 4.79 Å². The van der Waals surface area contributed by atoms with Crippen molar-refractivity contribution in [2.24, 2.45) is 0 Å². The molecule has 2 atom stereocenters. The predicted octanol–water partition coefficient (Wildman–Crippen LogP) is 4.50. The molecule has 2 aromatic carbocycles. The Bertz CT molecular complexity index is 1100. The SMILES string of the molecule is CC1(C)SC(C(CCCN2CCNCC2)n2cc(-c3ccccc3)c3ccccc32)NC1=O. The van der Waals surface area contributed by atoms with Gasteiger partial charge in [0.2, 0.25) is 5.91 Å². The number of nitrogens with zero attached hydrogens (tertiary/aromatic N) is 2. The number of carbonyl (C=O) groups is 1. The second kappa shape index (κ2) is 9.53. The van der Waals surface area contributed by atoms with Gasteiger partial charge in [0.25, 0.3) is 0 Å². The van der Waals surface area contributed by atoms with Crippen LogP contribution in [0.15, 0.2) is 60.8 Å². The second-order valence-electron chi connectivity index (χ2n) is 9.66. The van der Waals surface area contributed by atoms with E-state index in [0.29, 0.717) is 0 Å². The average molecular weight is 463 g/mol. The number of piperazine rings is 1. The molecule has 0 aliphatic carbocycles. The first-order chi connectivity index (χ1) is 16.0. The second-order valence-corrected chi connectivity index (χ2v) is 11.4. The Hall–Kier alpha value is -2.28. The van der Waals surface area contributed by atoms with E-state index in [4.69, 9.17) is 0 Å². The van der Waals surface area contributed by atoms with Gasteiger partial charge in [-0.05, 0) is 44.9 Å². The lowest BCUT2D eigenvalue weighted by molar-refractivity contribution is -0.122. The largest absolute Gasteiger partial charge is 0.341 e. The highest BCUT2D eigenvalue weighted by atomic mass is 32.2. The highest BCUT2D eigenvalue weighted by Gasteiger charge is 2.43. The maximum Gasteiger partial charge on any atom is 0.236 e. The summed E-state index contributed by atoms with van der Waals surface area (Å²) in [5.74, 6) is 0.143. The third-order valence-electron chi connectivity index (χ3n) is 6.96. The van der Waals surface area contributed by atoms with Crippen molar-refractivity contribution in [2.45, 2.75) is 42.9 Å². The van der Waals surface area contributed by atoms with Crippen molar-refractivity contribution in [3.05, 3.63) is 60.8 Å². The van der Waals surface area contributed by atoms with Gasteiger partial charge in [-0.15, -0.1) is 11.8 Å². The quantitative estimate of drug-likeness (QED) is 0.543. The first-order valence-corrected chi connectivity index (χ1v) is 13.0. The van der Waals surface area contributed by atoms with E-state index in [2.05, 4.69) is 80.9 Å². The van der Waals surface area contributed by atoms with E-state index in [1.54, 1.807) is 11.8 Å². The zero-order valence-electron chi connectivity index (χ0n) is 19.6. The van der Waals surface area contributed by atoms with Crippen molar-refractivity contribution in [3.8, 4) is 11.1 Å². The third kappa shape index (κ3) is 4.70. The number of thioether (sulfide) groups is 1. The van der Waals surface area contributed by atoms with Crippen molar-refractivity contribution in [1.82, 2.24) is 20.1 Å². The minimum Gasteiger partial charge on any atom is -0.341 e. The van der Waals surface area contributed by atoms with Crippen LogP contribution in [0.3, 0.4) is 0 Å². The van der Waals surface area contributed by atoms with Gasteiger partial charge >= 0.3 is 0 Å². The van der Waals surface area contributed by atoms with E-state index in [1.165, 1.54) is 22.0 Å². The number of aromatic nitrogens is 1. The molecule has 33 heavy (non-hydrogen) atoms. The summed E-state index contributed by atoms with van der Waals surface area (Å²) >= 11 is 1.77. The van der Waals surface area contributed by atoms with Crippen molar-refractivity contribution in [1.29, 1.82) is 0 Å². The lowest BCUT2D eigenvalue weighted by Crippen LogP contribution is -2.44. The zero-order valence-corrected chi connectivity index (χ0v) is 20.4. The Morgan fingerprint density at radius 3 is 2.52 bits per heavy atom. The molecule has 0 radical (unpaired) electrons. The van der Waals surface area contributed by atoms with E-state index >= 15 is 0 Å². The normalized spacial score (nSPS) is 21.9. The predicted molar refractivity (Wildman–Crippen MR) is 139 cm³/mol. The fourth-order valence-corrected chi connectivity index (χ4v) is 6.49. The number of fused-ring (bicyclic) bond motifs is 1. The van der Waals surface area contributed by atoms with Crippen LogP contribution >= 0.6 is 11.8 Å². The van der Waals surface area contributed by atoms with Gasteiger partial charge in [-0.1, -0.05) is 48.5 Å². The van der Waals surface area contributed by atoms with Crippen molar-refractivity contribution in [2.75, 3.05) is 32.7 Å². The van der Waals surface area contributed by atoms with Gasteiger partial charge in [-0.3, -0.25) is 4.79 Å². The number of para-hydroxylation sites is 1. The molecule has 6 heteroatoms. The summed E-state index contributed by atoms with van der Waals surface area (Å²) in [6.07, 6.45) is 4.46. The standard InChI is InChI=1S/C27H34N4OS/c1-27(2)26(32)29-25(33-27)24(13-8-16-30-17-14-28-15-18-30)31-19-22(20-9-4-3-5-10-20)21-11-6-7-12-23(21)31/h3-7,9-12,19,24-25,28H,8,13-18H2,1-2H3,(H,29,32). The van der Waals surface area contributed by atoms with Crippen LogP contribution in [-0.4, -0.2) is 58.2 Å². The molecule has 3 heterocycles. The Morgan fingerprint density at radius 1 is 1.06 bits per heavy atom. The molecule has 1 amide bonds. The molecule has 2 N–H and O–H groups in total. The van der Waals surface area contributed by atoms with E-state index in [9.17, 15) is 4.79 Å². The molecule has 0 spiro atoms. The van der Waals surface area contributed by atoms with E-state index in [1.807, 2.05) is 13.8 Å². The van der Waals surface area contributed by atoms with Crippen LogP contribution in [0.1, 0.15) is 32.7 Å². The van der Waals surface area contributed by atoms with Gasteiger partial charge in [0.05, 0.1) is 16.2 Å².